The molecule has 3 rings (SSSR count). The second kappa shape index (κ2) is 8.90. The van der Waals surface area contributed by atoms with E-state index in [-0.39, 0.29) is 12.0 Å². The normalized spacial score (nSPS) is 19.3. The number of amides is 1. The monoisotopic (exact) mass is 411 g/mol. The number of nitrogen functional groups attached to an aromatic ring is 1. The van der Waals surface area contributed by atoms with Crippen molar-refractivity contribution >= 4 is 17.9 Å². The summed E-state index contributed by atoms with van der Waals surface area (Å²) in [6, 6.07) is 8.50. The molecule has 2 aromatic rings. The van der Waals surface area contributed by atoms with Crippen LogP contribution in [0.5, 0.6) is 0 Å². The second-order valence-corrected chi connectivity index (χ2v) is 9.19. The van der Waals surface area contributed by atoms with Crippen LogP contribution in [0.3, 0.4) is 0 Å². The Kier molecular flexibility index (Phi) is 6.48. The van der Waals surface area contributed by atoms with Gasteiger partial charge in [-0.25, -0.2) is 9.78 Å². The molecule has 0 aliphatic heterocycles. The standard InChI is InChI=1S/C23H33N5O2/c1-14-9-15(2)11-17(10-14)19-12-20(27-21(24)26-19)25-18-8-6-5-7-16(18)13-23(3,4)28-22(29)30/h9-12,16,18,28H,5-8,13H2,1-4H3,(H,29,30)(H3,24,25,26,27). The summed E-state index contributed by atoms with van der Waals surface area (Å²) < 4.78 is 0. The largest absolute Gasteiger partial charge is 0.465 e. The number of anilines is 2. The highest BCUT2D eigenvalue weighted by molar-refractivity contribution is 5.66. The van der Waals surface area contributed by atoms with Gasteiger partial charge in [0.15, 0.2) is 0 Å². The number of nitrogens with one attached hydrogen (secondary N) is 2. The molecule has 5 N–H and O–H groups in total. The zero-order chi connectivity index (χ0) is 21.9. The quantitative estimate of drug-likeness (QED) is 0.545. The molecule has 1 aliphatic rings. The molecule has 0 bridgehead atoms. The van der Waals surface area contributed by atoms with E-state index in [4.69, 9.17) is 10.8 Å². The maximum atomic E-state index is 11.1. The summed E-state index contributed by atoms with van der Waals surface area (Å²) >= 11 is 0. The van der Waals surface area contributed by atoms with Gasteiger partial charge in [0, 0.05) is 23.2 Å². The lowest BCUT2D eigenvalue weighted by Crippen LogP contribution is -2.47. The van der Waals surface area contributed by atoms with E-state index in [1.54, 1.807) is 0 Å². The van der Waals surface area contributed by atoms with Crippen LogP contribution < -0.4 is 16.4 Å². The summed E-state index contributed by atoms with van der Waals surface area (Å²) in [6.45, 7) is 8.01. The fourth-order valence-corrected chi connectivity index (χ4v) is 4.64. The minimum absolute atomic E-state index is 0.218. The molecule has 162 valence electrons. The van der Waals surface area contributed by atoms with Crippen LogP contribution in [0.4, 0.5) is 16.6 Å². The van der Waals surface area contributed by atoms with E-state index in [0.29, 0.717) is 5.92 Å². The Hall–Kier alpha value is -2.83. The Morgan fingerprint density at radius 1 is 1.13 bits per heavy atom. The van der Waals surface area contributed by atoms with Crippen LogP contribution in [0.1, 0.15) is 57.1 Å². The number of benzene rings is 1. The van der Waals surface area contributed by atoms with E-state index in [1.807, 2.05) is 19.9 Å². The smallest absolute Gasteiger partial charge is 0.405 e. The summed E-state index contributed by atoms with van der Waals surface area (Å²) in [6.07, 6.45) is 4.17. The average Bonchev–Trinajstić information content (AvgIpc) is 2.60. The lowest BCUT2D eigenvalue weighted by molar-refractivity contribution is 0.170. The van der Waals surface area contributed by atoms with Crippen LogP contribution in [0, 0.1) is 19.8 Å². The van der Waals surface area contributed by atoms with Crippen LogP contribution in [0.25, 0.3) is 11.3 Å². The molecule has 2 unspecified atom stereocenters. The van der Waals surface area contributed by atoms with Gasteiger partial charge in [-0.15, -0.1) is 0 Å². The highest BCUT2D eigenvalue weighted by Crippen LogP contribution is 2.33. The number of nitrogens with zero attached hydrogens (tertiary/aromatic N) is 2. The lowest BCUT2D eigenvalue weighted by Gasteiger charge is -2.37. The summed E-state index contributed by atoms with van der Waals surface area (Å²) in [5.74, 6) is 1.31. The number of aromatic nitrogens is 2. The SMILES string of the molecule is Cc1cc(C)cc(-c2cc(NC3CCCCC3CC(C)(C)NC(=O)O)nc(N)n2)c1. The van der Waals surface area contributed by atoms with Gasteiger partial charge in [0.05, 0.1) is 5.69 Å². The average molecular weight is 412 g/mol. The first-order valence-corrected chi connectivity index (χ1v) is 10.6. The lowest BCUT2D eigenvalue weighted by atomic mass is 9.77. The predicted molar refractivity (Wildman–Crippen MR) is 121 cm³/mol. The van der Waals surface area contributed by atoms with Crippen LogP contribution in [-0.4, -0.2) is 32.7 Å². The summed E-state index contributed by atoms with van der Waals surface area (Å²) in [5.41, 5.74) is 9.73. The minimum Gasteiger partial charge on any atom is -0.465 e. The van der Waals surface area contributed by atoms with Crippen LogP contribution in [0.15, 0.2) is 24.3 Å². The van der Waals surface area contributed by atoms with E-state index < -0.39 is 11.6 Å². The Morgan fingerprint density at radius 2 is 1.80 bits per heavy atom. The van der Waals surface area contributed by atoms with Crippen molar-refractivity contribution in [1.29, 1.82) is 0 Å². The van der Waals surface area contributed by atoms with Crippen LogP contribution in [-0.2, 0) is 0 Å². The number of nitrogens with two attached hydrogens (primary N) is 1. The van der Waals surface area contributed by atoms with E-state index in [1.165, 1.54) is 11.1 Å². The fourth-order valence-electron chi connectivity index (χ4n) is 4.64. The van der Waals surface area contributed by atoms with E-state index in [0.717, 1.165) is 49.2 Å². The molecule has 1 heterocycles. The van der Waals surface area contributed by atoms with Crippen molar-refractivity contribution in [2.24, 2.45) is 5.92 Å². The molecule has 1 amide bonds. The fraction of sp³-hybridized carbons (Fsp3) is 0.522. The van der Waals surface area contributed by atoms with Gasteiger partial charge >= 0.3 is 6.09 Å². The topological polar surface area (TPSA) is 113 Å². The van der Waals surface area contributed by atoms with E-state index >= 15 is 0 Å². The molecule has 1 saturated carbocycles. The van der Waals surface area contributed by atoms with Crippen molar-refractivity contribution in [2.75, 3.05) is 11.1 Å². The summed E-state index contributed by atoms with van der Waals surface area (Å²) in [5, 5.41) is 15.4. The van der Waals surface area contributed by atoms with Crippen LogP contribution in [0.2, 0.25) is 0 Å². The van der Waals surface area contributed by atoms with Gasteiger partial charge < -0.3 is 21.5 Å². The predicted octanol–water partition coefficient (Wildman–Crippen LogP) is 4.75. The van der Waals surface area contributed by atoms with Crippen molar-refractivity contribution in [1.82, 2.24) is 15.3 Å². The third-order valence-corrected chi connectivity index (χ3v) is 5.72. The number of hydrogen-bond acceptors (Lipinski definition) is 5. The zero-order valence-corrected chi connectivity index (χ0v) is 18.3. The Balaban J connectivity index is 1.81. The van der Waals surface area contributed by atoms with Gasteiger partial charge in [0.25, 0.3) is 0 Å². The molecule has 2 atom stereocenters. The molecule has 1 fully saturated rings. The van der Waals surface area contributed by atoms with Gasteiger partial charge in [-0.3, -0.25) is 0 Å². The first-order valence-electron chi connectivity index (χ1n) is 10.6. The highest BCUT2D eigenvalue weighted by atomic mass is 16.4. The number of carboxylic acid groups (broad SMARTS) is 1. The van der Waals surface area contributed by atoms with Gasteiger partial charge in [0.1, 0.15) is 5.82 Å². The molecule has 1 aromatic carbocycles. The Bertz CT molecular complexity index is 892. The molecule has 7 nitrogen and oxygen atoms in total. The first-order chi connectivity index (χ1) is 14.1. The number of aryl methyl sites for hydroxylation is 2. The second-order valence-electron chi connectivity index (χ2n) is 9.19. The third-order valence-electron chi connectivity index (χ3n) is 5.72. The minimum atomic E-state index is -0.984. The first kappa shape index (κ1) is 21.9. The molecular formula is C23H33N5O2. The number of carbonyl (C=O) groups is 1. The zero-order valence-electron chi connectivity index (χ0n) is 18.3. The third kappa shape index (κ3) is 5.84. The molecular weight excluding hydrogens is 378 g/mol. The van der Waals surface area contributed by atoms with Gasteiger partial charge in [0.2, 0.25) is 5.95 Å². The van der Waals surface area contributed by atoms with Crippen molar-refractivity contribution in [3.8, 4) is 11.3 Å². The van der Waals surface area contributed by atoms with Crippen LogP contribution >= 0.6 is 0 Å². The number of hydrogen-bond donors (Lipinski definition) is 4. The molecule has 7 heteroatoms. The molecule has 0 saturated heterocycles. The molecule has 30 heavy (non-hydrogen) atoms. The van der Waals surface area contributed by atoms with Crippen molar-refractivity contribution in [2.45, 2.75) is 71.4 Å². The molecule has 0 spiro atoms. The summed E-state index contributed by atoms with van der Waals surface area (Å²) in [7, 11) is 0. The Morgan fingerprint density at radius 3 is 2.47 bits per heavy atom. The Labute approximate surface area is 178 Å². The van der Waals surface area contributed by atoms with Gasteiger partial charge in [-0.05, 0) is 65.0 Å². The van der Waals surface area contributed by atoms with Crippen molar-refractivity contribution in [3.63, 3.8) is 0 Å². The summed E-state index contributed by atoms with van der Waals surface area (Å²) in [4.78, 5) is 20.0. The van der Waals surface area contributed by atoms with E-state index in [2.05, 4.69) is 52.6 Å². The highest BCUT2D eigenvalue weighted by Gasteiger charge is 2.32. The molecule has 0 radical (unpaired) electrons. The number of rotatable bonds is 6. The van der Waals surface area contributed by atoms with Crippen molar-refractivity contribution in [3.05, 3.63) is 35.4 Å². The van der Waals surface area contributed by atoms with Gasteiger partial charge in [-0.1, -0.05) is 30.0 Å². The molecule has 1 aliphatic carbocycles. The molecule has 1 aromatic heterocycles. The van der Waals surface area contributed by atoms with Gasteiger partial charge in [-0.2, -0.15) is 4.98 Å². The maximum absolute atomic E-state index is 11.1. The van der Waals surface area contributed by atoms with E-state index in [9.17, 15) is 4.79 Å². The maximum Gasteiger partial charge on any atom is 0.405 e. The van der Waals surface area contributed by atoms with Crippen molar-refractivity contribution < 1.29 is 9.90 Å².